The number of hydrogen-bond donors (Lipinski definition) is 2. The van der Waals surface area contributed by atoms with Crippen molar-refractivity contribution in [3.63, 3.8) is 0 Å². The molecule has 1 heterocycles. The highest BCUT2D eigenvalue weighted by molar-refractivity contribution is 5.76. The maximum atomic E-state index is 11.5. The number of carbonyl (C=O) groups excluding carboxylic acids is 2. The molecule has 0 spiro atoms. The van der Waals surface area contributed by atoms with Crippen LogP contribution in [0.2, 0.25) is 0 Å². The van der Waals surface area contributed by atoms with Crippen molar-refractivity contribution in [2.45, 2.75) is 44.9 Å². The Labute approximate surface area is 101 Å². The van der Waals surface area contributed by atoms with Gasteiger partial charge in [0.25, 0.3) is 0 Å². The Morgan fingerprint density at radius 2 is 2.00 bits per heavy atom. The van der Waals surface area contributed by atoms with Crippen LogP contribution in [-0.2, 0) is 14.3 Å². The minimum atomic E-state index is -0.516. The van der Waals surface area contributed by atoms with Crippen molar-refractivity contribution < 1.29 is 19.1 Å². The maximum absolute atomic E-state index is 11.5. The van der Waals surface area contributed by atoms with Crippen LogP contribution in [0.3, 0.4) is 0 Å². The molecule has 0 unspecified atom stereocenters. The predicted octanol–water partition coefficient (Wildman–Crippen LogP) is 0.415. The zero-order valence-corrected chi connectivity index (χ0v) is 10.7. The molecule has 1 fully saturated rings. The molecule has 1 aliphatic heterocycles. The molecular formula is C11H20N2O4. The number of hydrogen-bond acceptors (Lipinski definition) is 5. The Morgan fingerprint density at radius 1 is 1.35 bits per heavy atom. The molecule has 6 nitrogen and oxygen atoms in total. The number of nitrogens with one attached hydrogen (secondary N) is 2. The van der Waals surface area contributed by atoms with Gasteiger partial charge in [-0.25, -0.2) is 4.79 Å². The van der Waals surface area contributed by atoms with Gasteiger partial charge in [-0.2, -0.15) is 0 Å². The molecule has 1 amide bonds. The van der Waals surface area contributed by atoms with Gasteiger partial charge in [0.15, 0.2) is 0 Å². The molecule has 1 rings (SSSR count). The lowest BCUT2D eigenvalue weighted by molar-refractivity contribution is -0.142. The number of carbonyl (C=O) groups is 2. The van der Waals surface area contributed by atoms with Gasteiger partial charge in [-0.05, 0) is 27.2 Å². The van der Waals surface area contributed by atoms with E-state index in [-0.39, 0.29) is 18.1 Å². The molecule has 0 aromatic heterocycles. The summed E-state index contributed by atoms with van der Waals surface area (Å²) in [4.78, 5) is 22.7. The molecule has 0 aliphatic carbocycles. The number of rotatable bonds is 2. The van der Waals surface area contributed by atoms with Crippen molar-refractivity contribution in [1.29, 1.82) is 0 Å². The summed E-state index contributed by atoms with van der Waals surface area (Å²) in [6.45, 7) is 5.95. The SMILES string of the molecule is COC(=O)[C@@H]1C[C@@H](NC(=O)OC(C)(C)C)CN1. The van der Waals surface area contributed by atoms with Gasteiger partial charge in [-0.3, -0.25) is 4.79 Å². The van der Waals surface area contributed by atoms with Gasteiger partial charge >= 0.3 is 12.1 Å². The fourth-order valence-corrected chi connectivity index (χ4v) is 1.64. The summed E-state index contributed by atoms with van der Waals surface area (Å²) in [5, 5.41) is 5.69. The topological polar surface area (TPSA) is 76.7 Å². The van der Waals surface area contributed by atoms with E-state index in [0.29, 0.717) is 13.0 Å². The van der Waals surface area contributed by atoms with E-state index < -0.39 is 11.7 Å². The van der Waals surface area contributed by atoms with Gasteiger partial charge in [-0.15, -0.1) is 0 Å². The highest BCUT2D eigenvalue weighted by atomic mass is 16.6. The number of methoxy groups -OCH3 is 1. The monoisotopic (exact) mass is 244 g/mol. The van der Waals surface area contributed by atoms with Crippen LogP contribution in [0.5, 0.6) is 0 Å². The number of esters is 1. The molecule has 0 radical (unpaired) electrons. The molecule has 0 aromatic carbocycles. The van der Waals surface area contributed by atoms with E-state index >= 15 is 0 Å². The first-order chi connectivity index (χ1) is 7.81. The van der Waals surface area contributed by atoms with Crippen LogP contribution in [0.4, 0.5) is 4.79 Å². The zero-order valence-electron chi connectivity index (χ0n) is 10.7. The van der Waals surface area contributed by atoms with Crippen LogP contribution in [0.25, 0.3) is 0 Å². The normalized spacial score (nSPS) is 24.2. The van der Waals surface area contributed by atoms with Crippen LogP contribution in [-0.4, -0.2) is 43.4 Å². The van der Waals surface area contributed by atoms with Gasteiger partial charge in [0.1, 0.15) is 11.6 Å². The second-order valence-electron chi connectivity index (χ2n) is 5.06. The fourth-order valence-electron chi connectivity index (χ4n) is 1.64. The minimum absolute atomic E-state index is 0.103. The molecule has 1 saturated heterocycles. The third-order valence-corrected chi connectivity index (χ3v) is 2.34. The summed E-state index contributed by atoms with van der Waals surface area (Å²) in [6, 6.07) is -0.450. The summed E-state index contributed by atoms with van der Waals surface area (Å²) < 4.78 is 9.75. The standard InChI is InChI=1S/C11H20N2O4/c1-11(2,3)17-10(15)13-7-5-8(12-6-7)9(14)16-4/h7-8,12H,5-6H2,1-4H3,(H,13,15)/t7-,8+/m1/s1. The highest BCUT2D eigenvalue weighted by Crippen LogP contribution is 2.10. The first-order valence-electron chi connectivity index (χ1n) is 5.62. The summed E-state index contributed by atoms with van der Waals surface area (Å²) in [5.41, 5.74) is -0.516. The van der Waals surface area contributed by atoms with Crippen molar-refractivity contribution in [2.24, 2.45) is 0 Å². The van der Waals surface area contributed by atoms with Gasteiger partial charge in [0.2, 0.25) is 0 Å². The van der Waals surface area contributed by atoms with E-state index in [2.05, 4.69) is 15.4 Å². The summed E-state index contributed by atoms with van der Waals surface area (Å²) in [5.74, 6) is -0.307. The Kier molecular flexibility index (Phi) is 4.34. The molecule has 2 N–H and O–H groups in total. The maximum Gasteiger partial charge on any atom is 0.407 e. The van der Waals surface area contributed by atoms with Crippen molar-refractivity contribution in [3.05, 3.63) is 0 Å². The van der Waals surface area contributed by atoms with Crippen LogP contribution in [0, 0.1) is 0 Å². The lowest BCUT2D eigenvalue weighted by atomic mass is 10.2. The first kappa shape index (κ1) is 13.8. The van der Waals surface area contributed by atoms with Crippen molar-refractivity contribution in [1.82, 2.24) is 10.6 Å². The van der Waals surface area contributed by atoms with E-state index in [1.54, 1.807) is 20.8 Å². The Balaban J connectivity index is 2.35. The smallest absolute Gasteiger partial charge is 0.407 e. The highest BCUT2D eigenvalue weighted by Gasteiger charge is 2.31. The summed E-state index contributed by atoms with van der Waals surface area (Å²) >= 11 is 0. The Morgan fingerprint density at radius 3 is 2.53 bits per heavy atom. The predicted molar refractivity (Wildman–Crippen MR) is 61.6 cm³/mol. The molecule has 6 heteroatoms. The molecule has 0 bridgehead atoms. The van der Waals surface area contributed by atoms with E-state index in [1.807, 2.05) is 0 Å². The molecule has 1 aliphatic rings. The van der Waals surface area contributed by atoms with E-state index in [0.717, 1.165) is 0 Å². The molecule has 17 heavy (non-hydrogen) atoms. The average Bonchev–Trinajstić information content (AvgIpc) is 2.62. The van der Waals surface area contributed by atoms with Crippen molar-refractivity contribution in [2.75, 3.05) is 13.7 Å². The van der Waals surface area contributed by atoms with Gasteiger partial charge in [0.05, 0.1) is 7.11 Å². The Hall–Kier alpha value is -1.30. The lowest BCUT2D eigenvalue weighted by Crippen LogP contribution is -2.40. The fraction of sp³-hybridized carbons (Fsp3) is 0.818. The third kappa shape index (κ3) is 4.60. The zero-order chi connectivity index (χ0) is 13.1. The van der Waals surface area contributed by atoms with Gasteiger partial charge in [-0.1, -0.05) is 0 Å². The molecular weight excluding hydrogens is 224 g/mol. The number of amides is 1. The van der Waals surface area contributed by atoms with E-state index in [4.69, 9.17) is 4.74 Å². The largest absolute Gasteiger partial charge is 0.468 e. The first-order valence-corrected chi connectivity index (χ1v) is 5.62. The number of alkyl carbamates (subject to hydrolysis) is 1. The Bertz CT molecular complexity index is 298. The molecule has 0 aromatic rings. The summed E-state index contributed by atoms with van der Waals surface area (Å²) in [7, 11) is 1.35. The van der Waals surface area contributed by atoms with Crippen LogP contribution < -0.4 is 10.6 Å². The summed E-state index contributed by atoms with van der Waals surface area (Å²) in [6.07, 6.45) is 0.0566. The van der Waals surface area contributed by atoms with Crippen LogP contribution in [0.1, 0.15) is 27.2 Å². The van der Waals surface area contributed by atoms with Gasteiger partial charge in [0, 0.05) is 12.6 Å². The van der Waals surface area contributed by atoms with Crippen LogP contribution in [0.15, 0.2) is 0 Å². The number of ether oxygens (including phenoxy) is 2. The van der Waals surface area contributed by atoms with Gasteiger partial charge < -0.3 is 20.1 Å². The molecule has 0 saturated carbocycles. The third-order valence-electron chi connectivity index (χ3n) is 2.34. The van der Waals surface area contributed by atoms with Crippen molar-refractivity contribution in [3.8, 4) is 0 Å². The second-order valence-corrected chi connectivity index (χ2v) is 5.06. The lowest BCUT2D eigenvalue weighted by Gasteiger charge is -2.21. The molecule has 98 valence electrons. The van der Waals surface area contributed by atoms with Crippen molar-refractivity contribution >= 4 is 12.1 Å². The minimum Gasteiger partial charge on any atom is -0.468 e. The van der Waals surface area contributed by atoms with E-state index in [1.165, 1.54) is 7.11 Å². The van der Waals surface area contributed by atoms with E-state index in [9.17, 15) is 9.59 Å². The quantitative estimate of drug-likeness (QED) is 0.688. The van der Waals surface area contributed by atoms with Crippen LogP contribution >= 0.6 is 0 Å². The second kappa shape index (κ2) is 5.35. The molecule has 2 atom stereocenters. The average molecular weight is 244 g/mol.